The molecule has 2 unspecified atom stereocenters. The van der Waals surface area contributed by atoms with Gasteiger partial charge in [0.25, 0.3) is 0 Å². The first-order valence-corrected chi connectivity index (χ1v) is 10.8. The number of methoxy groups -OCH3 is 2. The number of rotatable bonds is 5. The molecule has 2 aromatic carbocycles. The van der Waals surface area contributed by atoms with E-state index in [1.165, 1.54) is 18.5 Å². The summed E-state index contributed by atoms with van der Waals surface area (Å²) in [5, 5.41) is 2.77. The number of aryl methyl sites for hydroxylation is 2. The van der Waals surface area contributed by atoms with E-state index in [-0.39, 0.29) is 5.92 Å². The highest BCUT2D eigenvalue weighted by Crippen LogP contribution is 2.59. The molecular formula is C21H24N2O5S. The highest BCUT2D eigenvalue weighted by molar-refractivity contribution is 7.95. The number of para-hydroxylation sites is 1. The largest absolute Gasteiger partial charge is 0.497 e. The van der Waals surface area contributed by atoms with Gasteiger partial charge in [-0.25, -0.2) is 8.42 Å². The van der Waals surface area contributed by atoms with Crippen LogP contribution in [0.15, 0.2) is 36.4 Å². The van der Waals surface area contributed by atoms with Crippen molar-refractivity contribution in [2.24, 2.45) is 5.92 Å². The fourth-order valence-corrected chi connectivity index (χ4v) is 6.76. The standard InChI is InChI=1S/C21H24N2O5S/c1-13-6-5-7-14(2)19(13)23-12-15-11-21(15,29(23,25)26)20(24)22-17-9-8-16(27-3)10-18(17)28-4/h5-10,15H,11-12H2,1-4H3,(H,22,24). The van der Waals surface area contributed by atoms with E-state index in [9.17, 15) is 13.2 Å². The van der Waals surface area contributed by atoms with Crippen LogP contribution in [0, 0.1) is 19.8 Å². The Hall–Kier alpha value is -2.74. The summed E-state index contributed by atoms with van der Waals surface area (Å²) in [5.41, 5.74) is 2.84. The average Bonchev–Trinajstić information content (AvgIpc) is 3.38. The lowest BCUT2D eigenvalue weighted by molar-refractivity contribution is -0.116. The van der Waals surface area contributed by atoms with E-state index in [0.29, 0.717) is 35.8 Å². The van der Waals surface area contributed by atoms with Gasteiger partial charge in [0.15, 0.2) is 4.75 Å². The van der Waals surface area contributed by atoms with Gasteiger partial charge in [-0.1, -0.05) is 18.2 Å². The van der Waals surface area contributed by atoms with Crippen molar-refractivity contribution in [2.75, 3.05) is 30.4 Å². The second kappa shape index (κ2) is 6.66. The maximum absolute atomic E-state index is 13.5. The van der Waals surface area contributed by atoms with Crippen molar-refractivity contribution in [1.29, 1.82) is 0 Å². The molecule has 154 valence electrons. The Balaban J connectivity index is 1.66. The molecule has 1 N–H and O–H groups in total. The summed E-state index contributed by atoms with van der Waals surface area (Å²) >= 11 is 0. The topological polar surface area (TPSA) is 84.9 Å². The zero-order valence-corrected chi connectivity index (χ0v) is 17.7. The average molecular weight is 416 g/mol. The first-order chi connectivity index (χ1) is 13.8. The van der Waals surface area contributed by atoms with Crippen molar-refractivity contribution in [3.05, 3.63) is 47.5 Å². The van der Waals surface area contributed by atoms with Crippen molar-refractivity contribution in [2.45, 2.75) is 25.0 Å². The molecule has 1 saturated heterocycles. The van der Waals surface area contributed by atoms with Crippen LogP contribution in [0.4, 0.5) is 11.4 Å². The summed E-state index contributed by atoms with van der Waals surface area (Å²) in [4.78, 5) is 13.2. The molecule has 1 heterocycles. The van der Waals surface area contributed by atoms with Gasteiger partial charge in [-0.15, -0.1) is 0 Å². The molecule has 2 aromatic rings. The summed E-state index contributed by atoms with van der Waals surface area (Å²) in [6, 6.07) is 10.6. The van der Waals surface area contributed by atoms with E-state index in [1.807, 2.05) is 32.0 Å². The van der Waals surface area contributed by atoms with Crippen molar-refractivity contribution in [3.8, 4) is 11.5 Å². The fourth-order valence-electron chi connectivity index (χ4n) is 4.27. The van der Waals surface area contributed by atoms with Crippen molar-refractivity contribution >= 4 is 27.3 Å². The molecule has 0 bridgehead atoms. The molecule has 1 amide bonds. The van der Waals surface area contributed by atoms with Gasteiger partial charge in [0, 0.05) is 18.5 Å². The third-order valence-electron chi connectivity index (χ3n) is 5.92. The summed E-state index contributed by atoms with van der Waals surface area (Å²) in [6.45, 7) is 4.09. The number of nitrogens with zero attached hydrogens (tertiary/aromatic N) is 1. The Labute approximate surface area is 170 Å². The Morgan fingerprint density at radius 2 is 1.83 bits per heavy atom. The summed E-state index contributed by atoms with van der Waals surface area (Å²) in [5.74, 6) is 0.251. The van der Waals surface area contributed by atoms with E-state index in [2.05, 4.69) is 5.32 Å². The van der Waals surface area contributed by atoms with Crippen LogP contribution in [0.2, 0.25) is 0 Å². The van der Waals surface area contributed by atoms with E-state index >= 15 is 0 Å². The predicted octanol–water partition coefficient (Wildman–Crippen LogP) is 2.87. The molecule has 2 aliphatic rings. The molecule has 1 aliphatic heterocycles. The van der Waals surface area contributed by atoms with E-state index in [4.69, 9.17) is 9.47 Å². The summed E-state index contributed by atoms with van der Waals surface area (Å²) in [6.07, 6.45) is 0.334. The molecule has 7 nitrogen and oxygen atoms in total. The Morgan fingerprint density at radius 3 is 2.45 bits per heavy atom. The smallest absolute Gasteiger partial charge is 0.250 e. The summed E-state index contributed by atoms with van der Waals surface area (Å²) in [7, 11) is -0.828. The van der Waals surface area contributed by atoms with E-state index < -0.39 is 20.7 Å². The van der Waals surface area contributed by atoms with Crippen LogP contribution in [0.1, 0.15) is 17.5 Å². The van der Waals surface area contributed by atoms with Crippen LogP contribution in [-0.2, 0) is 14.8 Å². The van der Waals surface area contributed by atoms with E-state index in [1.54, 1.807) is 18.2 Å². The van der Waals surface area contributed by atoms with Crippen LogP contribution in [0.3, 0.4) is 0 Å². The van der Waals surface area contributed by atoms with Gasteiger partial charge >= 0.3 is 0 Å². The quantitative estimate of drug-likeness (QED) is 0.810. The van der Waals surface area contributed by atoms with Crippen LogP contribution >= 0.6 is 0 Å². The number of carbonyl (C=O) groups is 1. The van der Waals surface area contributed by atoms with Crippen molar-refractivity contribution in [1.82, 2.24) is 0 Å². The molecule has 8 heteroatoms. The van der Waals surface area contributed by atoms with Gasteiger partial charge in [0.1, 0.15) is 11.5 Å². The predicted molar refractivity (Wildman–Crippen MR) is 111 cm³/mol. The molecule has 29 heavy (non-hydrogen) atoms. The number of amides is 1. The van der Waals surface area contributed by atoms with Crippen LogP contribution in [0.5, 0.6) is 11.5 Å². The van der Waals surface area contributed by atoms with Crippen molar-refractivity contribution < 1.29 is 22.7 Å². The zero-order chi connectivity index (χ0) is 21.0. The number of benzene rings is 2. The zero-order valence-electron chi connectivity index (χ0n) is 16.9. The molecule has 4 rings (SSSR count). The lowest BCUT2D eigenvalue weighted by Gasteiger charge is -2.26. The SMILES string of the molecule is COc1ccc(NC(=O)C23CC2CN(c2c(C)cccc2C)S3(=O)=O)c(OC)c1. The third-order valence-corrected chi connectivity index (χ3v) is 8.43. The number of sulfonamides is 1. The Kier molecular flexibility index (Phi) is 4.49. The number of hydrogen-bond donors (Lipinski definition) is 1. The minimum absolute atomic E-state index is 0.226. The monoisotopic (exact) mass is 416 g/mol. The third kappa shape index (κ3) is 2.77. The van der Waals surface area contributed by atoms with Crippen LogP contribution < -0.4 is 19.1 Å². The minimum atomic E-state index is -3.85. The molecule has 2 fully saturated rings. The number of fused-ring (bicyclic) bond motifs is 1. The second-order valence-electron chi connectivity index (χ2n) is 7.59. The highest BCUT2D eigenvalue weighted by Gasteiger charge is 2.76. The fraction of sp³-hybridized carbons (Fsp3) is 0.381. The van der Waals surface area contributed by atoms with Gasteiger partial charge in [0.2, 0.25) is 15.9 Å². The lowest BCUT2D eigenvalue weighted by Crippen LogP contribution is -2.42. The molecule has 2 atom stereocenters. The maximum Gasteiger partial charge on any atom is 0.250 e. The Morgan fingerprint density at radius 1 is 1.14 bits per heavy atom. The number of nitrogens with one attached hydrogen (secondary N) is 1. The molecule has 1 saturated carbocycles. The van der Waals surface area contributed by atoms with Gasteiger partial charge in [-0.05, 0) is 43.5 Å². The molecule has 1 aliphatic carbocycles. The van der Waals surface area contributed by atoms with Crippen LogP contribution in [0.25, 0.3) is 0 Å². The van der Waals surface area contributed by atoms with Gasteiger partial charge in [-0.2, -0.15) is 0 Å². The minimum Gasteiger partial charge on any atom is -0.497 e. The first kappa shape index (κ1) is 19.6. The number of hydrogen-bond acceptors (Lipinski definition) is 5. The van der Waals surface area contributed by atoms with Crippen LogP contribution in [-0.4, -0.2) is 39.8 Å². The summed E-state index contributed by atoms with van der Waals surface area (Å²) < 4.78 is 37.4. The molecular weight excluding hydrogens is 392 g/mol. The number of carbonyl (C=O) groups excluding carboxylic acids is 1. The lowest BCUT2D eigenvalue weighted by atomic mass is 10.1. The Bertz CT molecular complexity index is 1080. The number of anilines is 2. The van der Waals surface area contributed by atoms with Gasteiger partial charge in [0.05, 0.1) is 25.6 Å². The van der Waals surface area contributed by atoms with Gasteiger partial charge in [-0.3, -0.25) is 9.10 Å². The molecule has 0 radical (unpaired) electrons. The highest BCUT2D eigenvalue weighted by atomic mass is 32.2. The molecule has 0 spiro atoms. The number of ether oxygens (including phenoxy) is 2. The normalized spacial score (nSPS) is 24.0. The first-order valence-electron chi connectivity index (χ1n) is 9.38. The van der Waals surface area contributed by atoms with E-state index in [0.717, 1.165) is 11.1 Å². The molecule has 0 aromatic heterocycles. The van der Waals surface area contributed by atoms with Gasteiger partial charge < -0.3 is 14.8 Å². The second-order valence-corrected chi connectivity index (χ2v) is 9.71. The van der Waals surface area contributed by atoms with Crippen molar-refractivity contribution in [3.63, 3.8) is 0 Å². The maximum atomic E-state index is 13.5.